The lowest BCUT2D eigenvalue weighted by atomic mass is 9.74. The van der Waals surface area contributed by atoms with Crippen molar-refractivity contribution in [1.82, 2.24) is 51.1 Å². The lowest BCUT2D eigenvalue weighted by Crippen LogP contribution is -2.49. The average molecular weight is 2020 g/mol. The monoisotopic (exact) mass is 2020 g/mol. The Morgan fingerprint density at radius 3 is 1.01 bits per heavy atom. The summed E-state index contributed by atoms with van der Waals surface area (Å²) in [5, 5.41) is 60.5. The Balaban J connectivity index is 0.000000132. The second kappa shape index (κ2) is 48.1. The zero-order valence-corrected chi connectivity index (χ0v) is 87.8. The average Bonchev–Trinajstić information content (AvgIpc) is 0.766. The maximum atomic E-state index is 14.1. The van der Waals surface area contributed by atoms with E-state index in [-0.39, 0.29) is 110 Å². The number of hydrogen-bond donors (Lipinski definition) is 9. The molecule has 0 aromatic heterocycles. The number of aromatic hydroxyl groups is 4. The molecule has 9 N–H and O–H groups in total. The van der Waals surface area contributed by atoms with E-state index in [2.05, 4.69) is 56.9 Å². The Morgan fingerprint density at radius 2 is 0.628 bits per heavy atom. The largest absolute Gasteiger partial charge is 0.508 e. The first kappa shape index (κ1) is 108. The molecule has 10 heterocycles. The summed E-state index contributed by atoms with van der Waals surface area (Å²) >= 11 is 0. The third-order valence-corrected chi connectivity index (χ3v) is 31.9. The molecule has 10 aromatic carbocycles. The van der Waals surface area contributed by atoms with Gasteiger partial charge in [-0.1, -0.05) is 72.8 Å². The van der Waals surface area contributed by atoms with Crippen molar-refractivity contribution in [2.45, 2.75) is 211 Å². The number of amides is 5. The normalized spacial score (nSPS) is 19.3. The first-order valence-electron chi connectivity index (χ1n) is 53.7. The van der Waals surface area contributed by atoms with E-state index in [1.165, 1.54) is 35.9 Å². The molecule has 5 spiro atoms. The van der Waals surface area contributed by atoms with E-state index in [0.29, 0.717) is 109 Å². The van der Waals surface area contributed by atoms with Gasteiger partial charge in [0.2, 0.25) is 0 Å². The summed E-state index contributed by atoms with van der Waals surface area (Å²) in [5.74, 6) is 4.53. The fraction of sp³-hybridized carbons (Fsp3) is 0.446. The summed E-state index contributed by atoms with van der Waals surface area (Å²) in [6.45, 7) is 35.2. The molecule has 10 aromatic rings. The SMILES string of the molecule is CCN(CC)C(=O)c1ccc(C2=CC3(CCNCC3)Oc3ccc(F)cc32)c(O)c1.CCN(CC)C(=O)c1ccc(C2CC3(CCNCC3)Oc3ccc(F)cc32)c(O)c1.CCN(CC)C(=O)c1ccc(C2CC3(CCNCC3)Oc3cccc(OC)c32)cc1.CCN(CC)C(=O)c1ccc(C2CC3(CCNCC3)Oc3ccccc32)c(O)c1.CCN(CC)C(=O)c1ccc(C2CC3(CCNCC3)Oc3ccccc32)c(O)c1. The van der Waals surface area contributed by atoms with Gasteiger partial charge >= 0.3 is 0 Å². The van der Waals surface area contributed by atoms with Crippen LogP contribution in [0.15, 0.2) is 206 Å². The maximum Gasteiger partial charge on any atom is 0.253 e. The molecular weight excluding hydrogens is 1870 g/mol. The number of nitrogens with zero attached hydrogens (tertiary/aromatic N) is 5. The van der Waals surface area contributed by atoms with Crippen molar-refractivity contribution < 1.29 is 81.6 Å². The van der Waals surface area contributed by atoms with Crippen molar-refractivity contribution in [2.75, 3.05) is 138 Å². The van der Waals surface area contributed by atoms with Crippen LogP contribution in [0.2, 0.25) is 0 Å². The van der Waals surface area contributed by atoms with Crippen LogP contribution in [0.1, 0.15) is 290 Å². The van der Waals surface area contributed by atoms with Gasteiger partial charge in [0, 0.05) is 180 Å². The highest BCUT2D eigenvalue weighted by molar-refractivity contribution is 5.98. The van der Waals surface area contributed by atoms with Crippen LogP contribution in [0.5, 0.6) is 57.5 Å². The van der Waals surface area contributed by atoms with Crippen LogP contribution in [0, 0.1) is 11.6 Å². The molecule has 4 atom stereocenters. The molecule has 5 amide bonds. The predicted octanol–water partition coefficient (Wildman–Crippen LogP) is 20.0. The summed E-state index contributed by atoms with van der Waals surface area (Å²) < 4.78 is 66.1. The number of carbonyl (C=O) groups excluding carboxylic acids is 5. The predicted molar refractivity (Wildman–Crippen MR) is 574 cm³/mol. The minimum absolute atomic E-state index is 0.000418. The minimum Gasteiger partial charge on any atom is -0.508 e. The number of nitrogens with one attached hydrogen (secondary N) is 5. The topological polar surface area (TPSA) is 298 Å². The van der Waals surface area contributed by atoms with Crippen molar-refractivity contribution in [2.24, 2.45) is 0 Å². The van der Waals surface area contributed by atoms with Crippen molar-refractivity contribution in [1.29, 1.82) is 0 Å². The smallest absolute Gasteiger partial charge is 0.253 e. The fourth-order valence-corrected chi connectivity index (χ4v) is 23.5. The molecule has 27 heteroatoms. The summed E-state index contributed by atoms with van der Waals surface area (Å²) in [4.78, 5) is 72.2. The van der Waals surface area contributed by atoms with E-state index >= 15 is 0 Å². The Kier molecular flexibility index (Phi) is 35.0. The van der Waals surface area contributed by atoms with Crippen molar-refractivity contribution in [3.63, 3.8) is 0 Å². The number of para-hydroxylation sites is 2. The molecule has 0 aliphatic carbocycles. The first-order chi connectivity index (χ1) is 71.7. The van der Waals surface area contributed by atoms with E-state index in [9.17, 15) is 53.2 Å². The number of methoxy groups -OCH3 is 1. The van der Waals surface area contributed by atoms with Crippen molar-refractivity contribution in [3.8, 4) is 57.5 Å². The first-order valence-corrected chi connectivity index (χ1v) is 53.7. The van der Waals surface area contributed by atoms with Gasteiger partial charge in [0.25, 0.3) is 29.5 Å². The highest BCUT2D eigenvalue weighted by Gasteiger charge is 2.49. The van der Waals surface area contributed by atoms with Crippen LogP contribution in [0.3, 0.4) is 0 Å². The number of benzene rings is 10. The fourth-order valence-electron chi connectivity index (χ4n) is 23.5. The summed E-state index contributed by atoms with van der Waals surface area (Å²) in [7, 11) is 1.72. The third-order valence-electron chi connectivity index (χ3n) is 31.9. The molecule has 10 aliphatic heterocycles. The van der Waals surface area contributed by atoms with E-state index in [4.69, 9.17) is 28.4 Å². The maximum absolute atomic E-state index is 14.1. The zero-order chi connectivity index (χ0) is 105. The Labute approximate surface area is 870 Å². The minimum atomic E-state index is -0.492. The lowest BCUT2D eigenvalue weighted by Gasteiger charge is -2.45. The Hall–Kier alpha value is -13.1. The summed E-state index contributed by atoms with van der Waals surface area (Å²) in [6, 6.07) is 60.5. The second-order valence-electron chi connectivity index (χ2n) is 40.5. The van der Waals surface area contributed by atoms with E-state index in [1.807, 2.05) is 171 Å². The van der Waals surface area contributed by atoms with Gasteiger partial charge in [-0.25, -0.2) is 8.78 Å². The molecule has 0 saturated carbocycles. The second-order valence-corrected chi connectivity index (χ2v) is 40.5. The molecule has 25 nitrogen and oxygen atoms in total. The Bertz CT molecular complexity index is 6200. The number of ether oxygens (including phenoxy) is 6. The number of hydrogen-bond acceptors (Lipinski definition) is 20. The number of piperidine rings is 5. The van der Waals surface area contributed by atoms with Crippen LogP contribution >= 0.6 is 0 Å². The number of rotatable bonds is 21. The summed E-state index contributed by atoms with van der Waals surface area (Å²) in [6.07, 6.45) is 14.4. The standard InChI is InChI=1S/C25H32N2O3.C24H29FN2O3.C24H27FN2O3.2C24H30N2O3/c1-4-27(5-2)24(28)19-11-9-18(10-12-19)20-17-25(13-15-26-16-14-25)30-22-8-6-7-21(29-3)23(20)22;2*1-3-27(4-2)23(29)16-5-7-18(21(28)13-16)20-15-24(9-11-26-12-10-24)30-22-8-6-17(25)14-19(20)22;2*1-3-26(4-2)23(28)17-9-10-18(21(27)15-17)20-16-24(11-13-25-14-12-24)29-22-8-6-5-7-19(20)22/h6-12,20,26H,4-5,13-17H2,1-3H3;5-8,13-14,20,26,28H,3-4,9-12,15H2,1-2H3;5-8,13-15,26,28H,3-4,9-12H2,1-2H3;2*5-10,15,20,25,27H,3-4,11-14,16H2,1-2H3. The highest BCUT2D eigenvalue weighted by Crippen LogP contribution is 2.56. The van der Waals surface area contributed by atoms with Gasteiger partial charge in [0.05, 0.1) is 7.11 Å². The van der Waals surface area contributed by atoms with E-state index in [0.717, 1.165) is 230 Å². The number of phenols is 4. The molecule has 10 aliphatic rings. The third kappa shape index (κ3) is 23.6. The van der Waals surface area contributed by atoms with Crippen LogP contribution in [-0.2, 0) is 0 Å². The van der Waals surface area contributed by atoms with Gasteiger partial charge in [-0.2, -0.15) is 0 Å². The molecule has 786 valence electrons. The zero-order valence-electron chi connectivity index (χ0n) is 87.8. The molecule has 0 radical (unpaired) electrons. The molecule has 0 bridgehead atoms. The Morgan fingerprint density at radius 1 is 0.311 bits per heavy atom. The number of phenolic OH excluding ortho intramolecular Hbond substituents is 4. The number of fused-ring (bicyclic) bond motifs is 5. The van der Waals surface area contributed by atoms with Crippen LogP contribution < -0.4 is 55.0 Å². The molecule has 20 rings (SSSR count). The van der Waals surface area contributed by atoms with Crippen LogP contribution in [0.4, 0.5) is 8.78 Å². The lowest BCUT2D eigenvalue weighted by molar-refractivity contribution is 0.0105. The van der Waals surface area contributed by atoms with Gasteiger partial charge in [-0.05, 0) is 356 Å². The molecule has 4 unspecified atom stereocenters. The van der Waals surface area contributed by atoms with E-state index < -0.39 is 5.60 Å². The van der Waals surface area contributed by atoms with Gasteiger partial charge in [-0.3, -0.25) is 24.0 Å². The van der Waals surface area contributed by atoms with Crippen molar-refractivity contribution >= 4 is 35.1 Å². The van der Waals surface area contributed by atoms with Gasteiger partial charge in [-0.15, -0.1) is 0 Å². The van der Waals surface area contributed by atoms with Gasteiger partial charge in [0.15, 0.2) is 0 Å². The quantitative estimate of drug-likeness (QED) is 0.0323. The van der Waals surface area contributed by atoms with Crippen LogP contribution in [-0.4, -0.2) is 240 Å². The van der Waals surface area contributed by atoms with Gasteiger partial charge in [0.1, 0.15) is 97.1 Å². The number of halogens is 2. The van der Waals surface area contributed by atoms with Crippen molar-refractivity contribution in [3.05, 3.63) is 301 Å². The summed E-state index contributed by atoms with van der Waals surface area (Å²) in [5.41, 5.74) is 11.0. The molecular formula is C121H148F2N10O15. The molecule has 5 fully saturated rings. The highest BCUT2D eigenvalue weighted by atomic mass is 19.1. The van der Waals surface area contributed by atoms with Crippen LogP contribution in [0.25, 0.3) is 5.57 Å². The number of carbonyl (C=O) groups is 5. The molecule has 5 saturated heterocycles. The molecule has 148 heavy (non-hydrogen) atoms. The van der Waals surface area contributed by atoms with Gasteiger partial charge < -0.3 is 99.9 Å². The van der Waals surface area contributed by atoms with E-state index in [1.54, 1.807) is 75.2 Å².